The van der Waals surface area contributed by atoms with Gasteiger partial charge in [0, 0.05) is 23.9 Å². The van der Waals surface area contributed by atoms with Gasteiger partial charge in [-0.15, -0.1) is 0 Å². The number of amides is 1. The maximum absolute atomic E-state index is 12.5. The van der Waals surface area contributed by atoms with Crippen molar-refractivity contribution in [3.8, 4) is 11.5 Å². The molecule has 0 spiro atoms. The summed E-state index contributed by atoms with van der Waals surface area (Å²) >= 11 is 0. The van der Waals surface area contributed by atoms with E-state index in [-0.39, 0.29) is 4.90 Å². The van der Waals surface area contributed by atoms with Crippen molar-refractivity contribution in [1.29, 1.82) is 0 Å². The fourth-order valence-electron chi connectivity index (χ4n) is 2.59. The molecule has 0 heterocycles. The molecule has 1 atom stereocenters. The minimum absolute atomic E-state index is 0.0261. The zero-order valence-corrected chi connectivity index (χ0v) is 18.6. The lowest BCUT2D eigenvalue weighted by molar-refractivity contribution is -0.150. The standard InChI is InChI=1S/C21H26N2O7S/c1-14(2)20(23-31(26,27)18-8-6-5-7-9-18)21(25)30-13-19(24)22-15-10-16(28-3)12-17(11-15)29-4/h5-12,14,20,23H,13H2,1-4H3,(H,22,24)/t20-/m0/s1. The number of anilines is 1. The Kier molecular flexibility index (Phi) is 8.40. The third-order valence-corrected chi connectivity index (χ3v) is 5.69. The first-order chi connectivity index (χ1) is 14.7. The van der Waals surface area contributed by atoms with Gasteiger partial charge in [-0.3, -0.25) is 9.59 Å². The number of hydrogen-bond donors (Lipinski definition) is 2. The fourth-order valence-corrected chi connectivity index (χ4v) is 3.95. The molecule has 0 aliphatic heterocycles. The maximum atomic E-state index is 12.5. The monoisotopic (exact) mass is 450 g/mol. The number of hydrogen-bond acceptors (Lipinski definition) is 7. The van der Waals surface area contributed by atoms with Gasteiger partial charge in [-0.2, -0.15) is 4.72 Å². The van der Waals surface area contributed by atoms with Gasteiger partial charge in [0.25, 0.3) is 5.91 Å². The summed E-state index contributed by atoms with van der Waals surface area (Å²) in [4.78, 5) is 24.7. The largest absolute Gasteiger partial charge is 0.497 e. The molecule has 0 saturated heterocycles. The van der Waals surface area contributed by atoms with Crippen molar-refractivity contribution < 1.29 is 32.2 Å². The Hall–Kier alpha value is -3.11. The predicted molar refractivity (Wildman–Crippen MR) is 115 cm³/mol. The molecule has 31 heavy (non-hydrogen) atoms. The fraction of sp³-hybridized carbons (Fsp3) is 0.333. The van der Waals surface area contributed by atoms with Crippen LogP contribution in [0.4, 0.5) is 5.69 Å². The van der Waals surface area contributed by atoms with Gasteiger partial charge in [0.15, 0.2) is 6.61 Å². The summed E-state index contributed by atoms with van der Waals surface area (Å²) in [6, 6.07) is 11.3. The van der Waals surface area contributed by atoms with Crippen LogP contribution in [-0.4, -0.2) is 47.2 Å². The Labute approximate surface area is 181 Å². The van der Waals surface area contributed by atoms with Crippen molar-refractivity contribution in [2.24, 2.45) is 5.92 Å². The van der Waals surface area contributed by atoms with E-state index in [1.165, 1.54) is 26.4 Å². The lowest BCUT2D eigenvalue weighted by Crippen LogP contribution is -2.45. The predicted octanol–water partition coefficient (Wildman–Crippen LogP) is 2.19. The molecule has 0 unspecified atom stereocenters. The van der Waals surface area contributed by atoms with Crippen LogP contribution in [0, 0.1) is 5.92 Å². The molecule has 9 nitrogen and oxygen atoms in total. The van der Waals surface area contributed by atoms with Crippen LogP contribution >= 0.6 is 0 Å². The van der Waals surface area contributed by atoms with Gasteiger partial charge >= 0.3 is 5.97 Å². The van der Waals surface area contributed by atoms with Crippen LogP contribution in [0.15, 0.2) is 53.4 Å². The van der Waals surface area contributed by atoms with E-state index in [2.05, 4.69) is 10.0 Å². The molecule has 0 aliphatic rings. The first-order valence-electron chi connectivity index (χ1n) is 9.43. The number of ether oxygens (including phenoxy) is 3. The highest BCUT2D eigenvalue weighted by Gasteiger charge is 2.30. The molecular formula is C21H26N2O7S. The summed E-state index contributed by atoms with van der Waals surface area (Å²) in [6.07, 6.45) is 0. The molecule has 0 saturated carbocycles. The number of carbonyl (C=O) groups excluding carboxylic acids is 2. The topological polar surface area (TPSA) is 120 Å². The lowest BCUT2D eigenvalue weighted by atomic mass is 10.1. The van der Waals surface area contributed by atoms with Gasteiger partial charge in [0.05, 0.1) is 19.1 Å². The van der Waals surface area contributed by atoms with E-state index in [9.17, 15) is 18.0 Å². The third kappa shape index (κ3) is 6.97. The molecule has 0 bridgehead atoms. The van der Waals surface area contributed by atoms with Crippen LogP contribution in [0.5, 0.6) is 11.5 Å². The highest BCUT2D eigenvalue weighted by atomic mass is 32.2. The van der Waals surface area contributed by atoms with Crippen LogP contribution in [0.3, 0.4) is 0 Å². The SMILES string of the molecule is COc1cc(NC(=O)COC(=O)[C@@H](NS(=O)(=O)c2ccccc2)C(C)C)cc(OC)c1. The smallest absolute Gasteiger partial charge is 0.324 e. The number of esters is 1. The Bertz CT molecular complexity index is 985. The first-order valence-corrected chi connectivity index (χ1v) is 10.9. The Morgan fingerprint density at radius 2 is 1.55 bits per heavy atom. The van der Waals surface area contributed by atoms with Gasteiger partial charge < -0.3 is 19.5 Å². The van der Waals surface area contributed by atoms with Crippen molar-refractivity contribution in [2.45, 2.75) is 24.8 Å². The second-order valence-electron chi connectivity index (χ2n) is 6.91. The van der Waals surface area contributed by atoms with E-state index < -0.39 is 40.5 Å². The summed E-state index contributed by atoms with van der Waals surface area (Å²) in [7, 11) is -0.977. The normalized spacial score (nSPS) is 12.2. The van der Waals surface area contributed by atoms with E-state index in [0.717, 1.165) is 0 Å². The van der Waals surface area contributed by atoms with Crippen molar-refractivity contribution >= 4 is 27.6 Å². The van der Waals surface area contributed by atoms with E-state index >= 15 is 0 Å². The van der Waals surface area contributed by atoms with Gasteiger partial charge in [-0.1, -0.05) is 32.0 Å². The van der Waals surface area contributed by atoms with Gasteiger partial charge in [-0.25, -0.2) is 8.42 Å². The van der Waals surface area contributed by atoms with Gasteiger partial charge in [0.1, 0.15) is 17.5 Å². The molecule has 0 aromatic heterocycles. The van der Waals surface area contributed by atoms with Crippen molar-refractivity contribution in [3.05, 3.63) is 48.5 Å². The van der Waals surface area contributed by atoms with Gasteiger partial charge in [0.2, 0.25) is 10.0 Å². The second kappa shape index (κ2) is 10.8. The van der Waals surface area contributed by atoms with E-state index in [4.69, 9.17) is 14.2 Å². The molecule has 168 valence electrons. The molecule has 0 radical (unpaired) electrons. The average Bonchev–Trinajstić information content (AvgIpc) is 2.75. The Balaban J connectivity index is 2.01. The summed E-state index contributed by atoms with van der Waals surface area (Å²) in [5, 5.41) is 2.57. The number of nitrogens with one attached hydrogen (secondary N) is 2. The number of sulfonamides is 1. The zero-order chi connectivity index (χ0) is 23.0. The quantitative estimate of drug-likeness (QED) is 0.533. The number of methoxy groups -OCH3 is 2. The summed E-state index contributed by atoms with van der Waals surface area (Å²) in [6.45, 7) is 2.75. The molecule has 0 fully saturated rings. The van der Waals surface area contributed by atoms with Crippen LogP contribution in [0.1, 0.15) is 13.8 Å². The average molecular weight is 451 g/mol. The zero-order valence-electron chi connectivity index (χ0n) is 17.7. The molecule has 2 rings (SSSR count). The number of rotatable bonds is 10. The van der Waals surface area contributed by atoms with Crippen LogP contribution < -0.4 is 19.5 Å². The second-order valence-corrected chi connectivity index (χ2v) is 8.63. The van der Waals surface area contributed by atoms with Crippen molar-refractivity contribution in [1.82, 2.24) is 4.72 Å². The van der Waals surface area contributed by atoms with Crippen LogP contribution in [0.2, 0.25) is 0 Å². The van der Waals surface area contributed by atoms with Crippen LogP contribution in [-0.2, 0) is 24.3 Å². The number of carbonyl (C=O) groups is 2. The highest BCUT2D eigenvalue weighted by Crippen LogP contribution is 2.25. The highest BCUT2D eigenvalue weighted by molar-refractivity contribution is 7.89. The van der Waals surface area contributed by atoms with Crippen LogP contribution in [0.25, 0.3) is 0 Å². The summed E-state index contributed by atoms with van der Waals surface area (Å²) in [5.41, 5.74) is 0.391. The van der Waals surface area contributed by atoms with Crippen molar-refractivity contribution in [3.63, 3.8) is 0 Å². The first kappa shape index (κ1) is 24.2. The molecule has 2 aromatic carbocycles. The molecule has 2 N–H and O–H groups in total. The van der Waals surface area contributed by atoms with Crippen molar-refractivity contribution in [2.75, 3.05) is 26.1 Å². The third-order valence-electron chi connectivity index (χ3n) is 4.24. The molecular weight excluding hydrogens is 424 g/mol. The lowest BCUT2D eigenvalue weighted by Gasteiger charge is -2.20. The maximum Gasteiger partial charge on any atom is 0.324 e. The minimum Gasteiger partial charge on any atom is -0.497 e. The molecule has 0 aliphatic carbocycles. The van der Waals surface area contributed by atoms with E-state index in [1.807, 2.05) is 0 Å². The molecule has 10 heteroatoms. The minimum atomic E-state index is -3.93. The molecule has 2 aromatic rings. The molecule has 1 amide bonds. The van der Waals surface area contributed by atoms with E-state index in [1.54, 1.807) is 50.2 Å². The van der Waals surface area contributed by atoms with Gasteiger partial charge in [-0.05, 0) is 18.1 Å². The summed E-state index contributed by atoms with van der Waals surface area (Å²) in [5.74, 6) is -0.912. The Morgan fingerprint density at radius 3 is 2.06 bits per heavy atom. The Morgan fingerprint density at radius 1 is 0.968 bits per heavy atom. The van der Waals surface area contributed by atoms with E-state index in [0.29, 0.717) is 17.2 Å². The number of benzene rings is 2. The summed E-state index contributed by atoms with van der Waals surface area (Å²) < 4.78 is 42.7.